The van der Waals surface area contributed by atoms with Crippen molar-refractivity contribution in [3.63, 3.8) is 0 Å². The maximum absolute atomic E-state index is 12.4. The van der Waals surface area contributed by atoms with Crippen LogP contribution in [0.5, 0.6) is 0 Å². The van der Waals surface area contributed by atoms with Gasteiger partial charge in [-0.3, -0.25) is 9.59 Å². The quantitative estimate of drug-likeness (QED) is 0.719. The van der Waals surface area contributed by atoms with Gasteiger partial charge in [0, 0.05) is 13.1 Å². The number of nitrogens with one attached hydrogen (secondary N) is 2. The Morgan fingerprint density at radius 1 is 1.46 bits per heavy atom. The number of amides is 1. The number of hydrogen-bond donors (Lipinski definition) is 2. The molecule has 3 aromatic heterocycles. The molecule has 0 saturated heterocycles. The van der Waals surface area contributed by atoms with Gasteiger partial charge in [-0.15, -0.1) is 0 Å². The molecule has 0 aliphatic heterocycles. The summed E-state index contributed by atoms with van der Waals surface area (Å²) in [4.78, 5) is 33.3. The second-order valence-corrected chi connectivity index (χ2v) is 4.80. The molecule has 0 atom stereocenters. The van der Waals surface area contributed by atoms with Crippen molar-refractivity contribution in [1.82, 2.24) is 30.0 Å². The van der Waals surface area contributed by atoms with Crippen LogP contribution in [0.4, 0.5) is 13.2 Å². The van der Waals surface area contributed by atoms with Crippen molar-refractivity contribution < 1.29 is 22.5 Å². The number of pyridine rings is 1. The molecule has 0 aliphatic rings. The first-order valence-corrected chi connectivity index (χ1v) is 6.48. The van der Waals surface area contributed by atoms with Crippen LogP contribution in [0.3, 0.4) is 0 Å². The van der Waals surface area contributed by atoms with E-state index in [4.69, 9.17) is 0 Å². The van der Waals surface area contributed by atoms with Crippen LogP contribution in [0.2, 0.25) is 0 Å². The number of imidazole rings is 1. The minimum absolute atomic E-state index is 0.0216. The number of carbonyl (C=O) groups is 1. The molecule has 0 radical (unpaired) electrons. The van der Waals surface area contributed by atoms with E-state index in [1.807, 2.05) is 0 Å². The molecule has 0 fully saturated rings. The third-order valence-electron chi connectivity index (χ3n) is 3.07. The van der Waals surface area contributed by atoms with Gasteiger partial charge in [-0.1, -0.05) is 5.16 Å². The van der Waals surface area contributed by atoms with Crippen molar-refractivity contribution >= 4 is 17.1 Å². The first-order valence-electron chi connectivity index (χ1n) is 6.48. The maximum Gasteiger partial charge on any atom is 0.471 e. The summed E-state index contributed by atoms with van der Waals surface area (Å²) in [7, 11) is 1.62. The Morgan fingerprint density at radius 2 is 2.21 bits per heavy atom. The van der Waals surface area contributed by atoms with Crippen LogP contribution in [-0.4, -0.2) is 30.6 Å². The highest BCUT2D eigenvalue weighted by Gasteiger charge is 2.38. The lowest BCUT2D eigenvalue weighted by Crippen LogP contribution is -2.25. The molecular weight excluding hydrogens is 333 g/mol. The zero-order chi connectivity index (χ0) is 17.5. The summed E-state index contributed by atoms with van der Waals surface area (Å²) < 4.78 is 42.7. The number of aromatic nitrogens is 5. The molecule has 24 heavy (non-hydrogen) atoms. The molecule has 0 aromatic carbocycles. The van der Waals surface area contributed by atoms with Crippen molar-refractivity contribution in [1.29, 1.82) is 0 Å². The van der Waals surface area contributed by atoms with Crippen LogP contribution in [-0.2, 0) is 19.8 Å². The molecule has 0 bridgehead atoms. The zero-order valence-corrected chi connectivity index (χ0v) is 12.0. The summed E-state index contributed by atoms with van der Waals surface area (Å²) >= 11 is 0. The van der Waals surface area contributed by atoms with Crippen molar-refractivity contribution in [3.05, 3.63) is 40.0 Å². The second-order valence-electron chi connectivity index (χ2n) is 4.80. The smallest absolute Gasteiger partial charge is 0.345 e. The van der Waals surface area contributed by atoms with E-state index in [0.29, 0.717) is 5.52 Å². The summed E-state index contributed by atoms with van der Waals surface area (Å²) in [5.74, 6) is -2.54. The number of hydrogen-bond acceptors (Lipinski definition) is 6. The Bertz CT molecular complexity index is 970. The van der Waals surface area contributed by atoms with Crippen LogP contribution in [0.1, 0.15) is 22.1 Å². The molecule has 3 aromatic rings. The summed E-state index contributed by atoms with van der Waals surface area (Å²) in [6.07, 6.45) is -3.35. The van der Waals surface area contributed by atoms with Gasteiger partial charge in [-0.2, -0.15) is 18.2 Å². The minimum Gasteiger partial charge on any atom is -0.345 e. The molecule has 0 saturated carbocycles. The van der Waals surface area contributed by atoms with E-state index in [2.05, 4.69) is 29.9 Å². The number of nitrogens with zero attached hydrogens (tertiary/aromatic N) is 4. The molecule has 0 aliphatic carbocycles. The first-order chi connectivity index (χ1) is 11.3. The molecule has 9 nitrogen and oxygen atoms in total. The molecule has 0 unspecified atom stereocenters. The Balaban J connectivity index is 1.82. The zero-order valence-electron chi connectivity index (χ0n) is 12.0. The van der Waals surface area contributed by atoms with Gasteiger partial charge in [-0.25, -0.2) is 4.98 Å². The number of halogens is 3. The molecule has 126 valence electrons. The minimum atomic E-state index is -4.76. The predicted molar refractivity (Wildman–Crippen MR) is 71.8 cm³/mol. The van der Waals surface area contributed by atoms with Gasteiger partial charge >= 0.3 is 12.1 Å². The highest BCUT2D eigenvalue weighted by Crippen LogP contribution is 2.27. The van der Waals surface area contributed by atoms with Crippen molar-refractivity contribution in [2.75, 3.05) is 0 Å². The number of rotatable bonds is 3. The van der Waals surface area contributed by atoms with E-state index >= 15 is 0 Å². The molecule has 3 heterocycles. The van der Waals surface area contributed by atoms with E-state index in [9.17, 15) is 22.8 Å². The Labute approximate surface area is 130 Å². The lowest BCUT2D eigenvalue weighted by atomic mass is 10.2. The Hall–Kier alpha value is -3.18. The van der Waals surface area contributed by atoms with Crippen molar-refractivity contribution in [2.24, 2.45) is 7.05 Å². The van der Waals surface area contributed by atoms with Gasteiger partial charge < -0.3 is 19.4 Å². The van der Waals surface area contributed by atoms with Gasteiger partial charge in [-0.05, 0) is 0 Å². The number of alkyl halides is 3. The third-order valence-corrected chi connectivity index (χ3v) is 3.07. The number of aryl methyl sites for hydroxylation is 1. The van der Waals surface area contributed by atoms with Crippen LogP contribution in [0, 0.1) is 0 Å². The van der Waals surface area contributed by atoms with E-state index in [1.165, 1.54) is 10.9 Å². The third kappa shape index (κ3) is 2.85. The topological polar surface area (TPSA) is 119 Å². The average molecular weight is 342 g/mol. The summed E-state index contributed by atoms with van der Waals surface area (Å²) in [6, 6.07) is 1.07. The molecule has 2 N–H and O–H groups in total. The largest absolute Gasteiger partial charge is 0.471 e. The normalized spacial score (nSPS) is 11.8. The van der Waals surface area contributed by atoms with Crippen LogP contribution < -0.4 is 10.9 Å². The standard InChI is InChI=1S/C12H9F3N6O3/c1-21-4-17-9-8(21)5(2-7(22)19-9)10(23)16-3-6-18-11(24-20-6)12(13,14)15/h2,4H,3H2,1H3,(H,16,23)(H,19,22). The summed E-state index contributed by atoms with van der Waals surface area (Å²) in [5, 5.41) is 5.46. The van der Waals surface area contributed by atoms with Crippen molar-refractivity contribution in [2.45, 2.75) is 12.7 Å². The molecule has 0 spiro atoms. The van der Waals surface area contributed by atoms with Crippen LogP contribution in [0.25, 0.3) is 11.2 Å². The van der Waals surface area contributed by atoms with Gasteiger partial charge in [0.15, 0.2) is 11.5 Å². The number of carbonyl (C=O) groups excluding carboxylic acids is 1. The van der Waals surface area contributed by atoms with Crippen LogP contribution in [0.15, 0.2) is 21.7 Å². The number of H-pyrrole nitrogens is 1. The van der Waals surface area contributed by atoms with E-state index in [1.54, 1.807) is 7.05 Å². The Morgan fingerprint density at radius 3 is 2.88 bits per heavy atom. The van der Waals surface area contributed by atoms with E-state index in [0.717, 1.165) is 6.07 Å². The first kappa shape index (κ1) is 15.7. The maximum atomic E-state index is 12.4. The second kappa shape index (κ2) is 5.47. The lowest BCUT2D eigenvalue weighted by Gasteiger charge is -2.05. The van der Waals surface area contributed by atoms with Gasteiger partial charge in [0.1, 0.15) is 0 Å². The fraction of sp³-hybridized carbons (Fsp3) is 0.250. The number of fused-ring (bicyclic) bond motifs is 1. The fourth-order valence-corrected chi connectivity index (χ4v) is 2.06. The summed E-state index contributed by atoms with van der Waals surface area (Å²) in [5.41, 5.74) is 0.0730. The molecule has 3 rings (SSSR count). The summed E-state index contributed by atoms with van der Waals surface area (Å²) in [6.45, 7) is -0.398. The molecule has 1 amide bonds. The van der Waals surface area contributed by atoms with Crippen molar-refractivity contribution in [3.8, 4) is 0 Å². The van der Waals surface area contributed by atoms with Gasteiger partial charge in [0.25, 0.3) is 5.91 Å². The van der Waals surface area contributed by atoms with Gasteiger partial charge in [0.2, 0.25) is 5.56 Å². The van der Waals surface area contributed by atoms with E-state index in [-0.39, 0.29) is 17.0 Å². The molecular formula is C12H9F3N6O3. The lowest BCUT2D eigenvalue weighted by molar-refractivity contribution is -0.159. The monoisotopic (exact) mass is 342 g/mol. The predicted octanol–water partition coefficient (Wildman–Crippen LogP) is 0.593. The van der Waals surface area contributed by atoms with E-state index < -0.39 is 30.1 Å². The Kier molecular flexibility index (Phi) is 3.58. The fourth-order valence-electron chi connectivity index (χ4n) is 2.06. The molecule has 12 heteroatoms. The van der Waals surface area contributed by atoms with Crippen LogP contribution >= 0.6 is 0 Å². The average Bonchev–Trinajstić information content (AvgIpc) is 3.11. The number of aromatic amines is 1. The van der Waals surface area contributed by atoms with Gasteiger partial charge in [0.05, 0.1) is 24.0 Å². The highest BCUT2D eigenvalue weighted by atomic mass is 19.4. The SMILES string of the molecule is Cn1cnc2[nH]c(=O)cc(C(=O)NCc3noc(C(F)(F)F)n3)c21. The highest BCUT2D eigenvalue weighted by molar-refractivity contribution is 6.04.